The zero-order valence-corrected chi connectivity index (χ0v) is 11.2. The first-order valence-corrected chi connectivity index (χ1v) is 6.29. The van der Waals surface area contributed by atoms with Crippen molar-refractivity contribution in [1.29, 1.82) is 0 Å². The molecule has 0 bridgehead atoms. The van der Waals surface area contributed by atoms with E-state index < -0.39 is 0 Å². The Bertz CT molecular complexity index is 556. The van der Waals surface area contributed by atoms with Crippen molar-refractivity contribution in [2.24, 2.45) is 5.73 Å². The fraction of sp³-hybridized carbons (Fsp3) is 0.267. The van der Waals surface area contributed by atoms with Gasteiger partial charge in [-0.2, -0.15) is 0 Å². The monoisotopic (exact) mass is 258 g/mol. The Morgan fingerprint density at radius 3 is 2.74 bits per heavy atom. The van der Waals surface area contributed by atoms with Crippen molar-refractivity contribution in [3.8, 4) is 17.2 Å². The molecule has 0 saturated carbocycles. The van der Waals surface area contributed by atoms with Crippen LogP contribution in [0.4, 0.5) is 0 Å². The van der Waals surface area contributed by atoms with Gasteiger partial charge < -0.3 is 15.2 Å². The summed E-state index contributed by atoms with van der Waals surface area (Å²) in [5.41, 5.74) is 7.47. The first-order valence-electron chi connectivity index (χ1n) is 6.29. The molecule has 0 unspecified atom stereocenters. The smallest absolute Gasteiger partial charge is 0.135 e. The zero-order chi connectivity index (χ0) is 13.7. The first-order chi connectivity index (χ1) is 9.22. The lowest BCUT2D eigenvalue weighted by molar-refractivity contribution is 0.338. The molecular formula is C15H18N2O2. The molecule has 2 N–H and O–H groups in total. The Hall–Kier alpha value is -2.07. The van der Waals surface area contributed by atoms with E-state index in [2.05, 4.69) is 4.98 Å². The van der Waals surface area contributed by atoms with Crippen molar-refractivity contribution in [1.82, 2.24) is 4.98 Å². The van der Waals surface area contributed by atoms with Crippen LogP contribution in [0.25, 0.3) is 0 Å². The van der Waals surface area contributed by atoms with Crippen molar-refractivity contribution in [3.63, 3.8) is 0 Å². The molecule has 4 nitrogen and oxygen atoms in total. The van der Waals surface area contributed by atoms with E-state index in [4.69, 9.17) is 15.2 Å². The van der Waals surface area contributed by atoms with Gasteiger partial charge in [-0.15, -0.1) is 0 Å². The molecule has 0 spiro atoms. The van der Waals surface area contributed by atoms with Gasteiger partial charge in [0.15, 0.2) is 0 Å². The van der Waals surface area contributed by atoms with Gasteiger partial charge >= 0.3 is 0 Å². The molecule has 4 heteroatoms. The number of rotatable bonds is 5. The number of ether oxygens (including phenoxy) is 2. The molecule has 1 aromatic carbocycles. The zero-order valence-electron chi connectivity index (χ0n) is 11.2. The van der Waals surface area contributed by atoms with Gasteiger partial charge in [0.05, 0.1) is 6.61 Å². The van der Waals surface area contributed by atoms with Crippen LogP contribution < -0.4 is 15.2 Å². The van der Waals surface area contributed by atoms with Gasteiger partial charge in [0.1, 0.15) is 17.2 Å². The number of aryl methyl sites for hydroxylation is 1. The van der Waals surface area contributed by atoms with Crippen LogP contribution in [-0.2, 0) is 6.54 Å². The van der Waals surface area contributed by atoms with E-state index in [1.54, 1.807) is 6.20 Å². The molecule has 1 aromatic heterocycles. The topological polar surface area (TPSA) is 57.4 Å². The molecule has 100 valence electrons. The minimum Gasteiger partial charge on any atom is -0.494 e. The predicted octanol–water partition coefficient (Wildman–Crippen LogP) is 3.04. The molecule has 0 atom stereocenters. The van der Waals surface area contributed by atoms with Gasteiger partial charge in [-0.1, -0.05) is 6.07 Å². The number of pyridine rings is 1. The number of hydrogen-bond donors (Lipinski definition) is 1. The van der Waals surface area contributed by atoms with Crippen LogP contribution in [0.2, 0.25) is 0 Å². The van der Waals surface area contributed by atoms with E-state index in [1.807, 2.05) is 44.2 Å². The summed E-state index contributed by atoms with van der Waals surface area (Å²) in [5.74, 6) is 2.26. The molecule has 0 fully saturated rings. The molecule has 1 heterocycles. The lowest BCUT2D eigenvalue weighted by Crippen LogP contribution is -2.01. The summed E-state index contributed by atoms with van der Waals surface area (Å²) >= 11 is 0. The Morgan fingerprint density at radius 1 is 1.21 bits per heavy atom. The summed E-state index contributed by atoms with van der Waals surface area (Å²) < 4.78 is 11.3. The van der Waals surface area contributed by atoms with E-state index in [-0.39, 0.29) is 0 Å². The first kappa shape index (κ1) is 13.4. The lowest BCUT2D eigenvalue weighted by Gasteiger charge is -2.11. The van der Waals surface area contributed by atoms with Crippen LogP contribution in [0.3, 0.4) is 0 Å². The number of hydrogen-bond acceptors (Lipinski definition) is 4. The number of nitrogens with two attached hydrogens (primary N) is 1. The van der Waals surface area contributed by atoms with Crippen LogP contribution in [0.15, 0.2) is 36.5 Å². The SMILES string of the molecule is CCOc1cccc(Oc2cc(C)ncc2CN)c1. The second-order valence-electron chi connectivity index (χ2n) is 4.15. The summed E-state index contributed by atoms with van der Waals surface area (Å²) in [6.07, 6.45) is 1.75. The molecule has 19 heavy (non-hydrogen) atoms. The van der Waals surface area contributed by atoms with Gasteiger partial charge in [0, 0.05) is 36.1 Å². The maximum atomic E-state index is 5.87. The van der Waals surface area contributed by atoms with Crippen molar-refractivity contribution in [2.75, 3.05) is 6.61 Å². The quantitative estimate of drug-likeness (QED) is 0.895. The molecular weight excluding hydrogens is 240 g/mol. The fourth-order valence-corrected chi connectivity index (χ4v) is 1.73. The van der Waals surface area contributed by atoms with E-state index >= 15 is 0 Å². The second-order valence-corrected chi connectivity index (χ2v) is 4.15. The molecule has 0 radical (unpaired) electrons. The third kappa shape index (κ3) is 3.45. The highest BCUT2D eigenvalue weighted by molar-refractivity contribution is 5.40. The highest BCUT2D eigenvalue weighted by Gasteiger charge is 2.06. The standard InChI is InChI=1S/C15H18N2O2/c1-3-18-13-5-4-6-14(8-13)19-15-7-11(2)17-10-12(15)9-16/h4-8,10H,3,9,16H2,1-2H3. The Labute approximate surface area is 113 Å². The Morgan fingerprint density at radius 2 is 2.00 bits per heavy atom. The predicted molar refractivity (Wildman–Crippen MR) is 74.6 cm³/mol. The van der Waals surface area contributed by atoms with Gasteiger partial charge in [-0.05, 0) is 26.0 Å². The van der Waals surface area contributed by atoms with E-state index in [1.165, 1.54) is 0 Å². The molecule has 0 aliphatic heterocycles. The number of aromatic nitrogens is 1. The largest absolute Gasteiger partial charge is 0.494 e. The Kier molecular flexibility index (Phi) is 4.36. The molecule has 0 amide bonds. The van der Waals surface area contributed by atoms with Gasteiger partial charge in [0.25, 0.3) is 0 Å². The van der Waals surface area contributed by atoms with Crippen LogP contribution in [-0.4, -0.2) is 11.6 Å². The normalized spacial score (nSPS) is 10.3. The van der Waals surface area contributed by atoms with Gasteiger partial charge in [0.2, 0.25) is 0 Å². The van der Waals surface area contributed by atoms with Crippen LogP contribution in [0.1, 0.15) is 18.2 Å². The molecule has 0 saturated heterocycles. The molecule has 2 aromatic rings. The summed E-state index contributed by atoms with van der Waals surface area (Å²) in [7, 11) is 0. The van der Waals surface area contributed by atoms with Crippen molar-refractivity contribution in [2.45, 2.75) is 20.4 Å². The highest BCUT2D eigenvalue weighted by atomic mass is 16.5. The van der Waals surface area contributed by atoms with E-state index in [9.17, 15) is 0 Å². The lowest BCUT2D eigenvalue weighted by atomic mass is 10.2. The van der Waals surface area contributed by atoms with Crippen LogP contribution >= 0.6 is 0 Å². The van der Waals surface area contributed by atoms with Crippen molar-refractivity contribution in [3.05, 3.63) is 47.8 Å². The minimum atomic E-state index is 0.397. The summed E-state index contributed by atoms with van der Waals surface area (Å²) in [5, 5.41) is 0. The van der Waals surface area contributed by atoms with Crippen LogP contribution in [0, 0.1) is 6.92 Å². The van der Waals surface area contributed by atoms with Crippen LogP contribution in [0.5, 0.6) is 17.2 Å². The van der Waals surface area contributed by atoms with Gasteiger partial charge in [-0.25, -0.2) is 0 Å². The summed E-state index contributed by atoms with van der Waals surface area (Å²) in [4.78, 5) is 4.21. The average molecular weight is 258 g/mol. The van der Waals surface area contributed by atoms with E-state index in [0.29, 0.717) is 13.2 Å². The van der Waals surface area contributed by atoms with Crippen molar-refractivity contribution >= 4 is 0 Å². The highest BCUT2D eigenvalue weighted by Crippen LogP contribution is 2.28. The third-order valence-electron chi connectivity index (χ3n) is 2.64. The maximum absolute atomic E-state index is 5.87. The summed E-state index contributed by atoms with van der Waals surface area (Å²) in [6.45, 7) is 4.90. The molecule has 0 aliphatic carbocycles. The third-order valence-corrected chi connectivity index (χ3v) is 2.64. The van der Waals surface area contributed by atoms with Crippen molar-refractivity contribution < 1.29 is 9.47 Å². The minimum absolute atomic E-state index is 0.397. The molecule has 2 rings (SSSR count). The number of benzene rings is 1. The second kappa shape index (κ2) is 6.20. The average Bonchev–Trinajstić information content (AvgIpc) is 2.40. The number of nitrogens with zero attached hydrogens (tertiary/aromatic N) is 1. The summed E-state index contributed by atoms with van der Waals surface area (Å²) in [6, 6.07) is 9.43. The van der Waals surface area contributed by atoms with Gasteiger partial charge in [-0.3, -0.25) is 4.98 Å². The fourth-order valence-electron chi connectivity index (χ4n) is 1.73. The maximum Gasteiger partial charge on any atom is 0.135 e. The molecule has 0 aliphatic rings. The Balaban J connectivity index is 2.25. The van der Waals surface area contributed by atoms with E-state index in [0.717, 1.165) is 28.5 Å².